The maximum absolute atomic E-state index is 12.7. The fourth-order valence-electron chi connectivity index (χ4n) is 7.64. The van der Waals surface area contributed by atoms with Crippen molar-refractivity contribution in [1.29, 1.82) is 0 Å². The molecule has 0 aromatic heterocycles. The minimum Gasteiger partial charge on any atom is -0.375 e. The van der Waals surface area contributed by atoms with Crippen molar-refractivity contribution < 1.29 is 14.3 Å². The molecule has 3 aliphatic heterocycles. The summed E-state index contributed by atoms with van der Waals surface area (Å²) < 4.78 is 12.9. The van der Waals surface area contributed by atoms with Crippen LogP contribution in [0.25, 0.3) is 0 Å². The molecule has 26 heavy (non-hydrogen) atoms. The molecule has 3 saturated heterocycles. The first-order valence-corrected chi connectivity index (χ1v) is 10.5. The molecule has 1 amide bonds. The van der Waals surface area contributed by atoms with Gasteiger partial charge in [-0.2, -0.15) is 0 Å². The van der Waals surface area contributed by atoms with Gasteiger partial charge in [0.15, 0.2) is 0 Å². The quantitative estimate of drug-likeness (QED) is 0.622. The van der Waals surface area contributed by atoms with E-state index in [9.17, 15) is 4.79 Å². The topological polar surface area (TPSA) is 38.8 Å². The van der Waals surface area contributed by atoms with E-state index in [0.717, 1.165) is 6.42 Å². The molecule has 4 bridgehead atoms. The van der Waals surface area contributed by atoms with Gasteiger partial charge in [-0.3, -0.25) is 4.79 Å². The third kappa shape index (κ3) is 2.01. The molecule has 0 N–H and O–H groups in total. The average Bonchev–Trinajstić information content (AvgIpc) is 3.01. The Kier molecular flexibility index (Phi) is 3.55. The maximum atomic E-state index is 12.7. The van der Waals surface area contributed by atoms with Gasteiger partial charge >= 0.3 is 0 Å². The van der Waals surface area contributed by atoms with Crippen molar-refractivity contribution in [1.82, 2.24) is 4.90 Å². The fourth-order valence-corrected chi connectivity index (χ4v) is 7.64. The van der Waals surface area contributed by atoms with Crippen molar-refractivity contribution in [2.24, 2.45) is 28.6 Å². The van der Waals surface area contributed by atoms with Crippen LogP contribution >= 0.6 is 0 Å². The van der Waals surface area contributed by atoms with Crippen LogP contribution in [0.1, 0.15) is 52.9 Å². The molecule has 4 heteroatoms. The minimum absolute atomic E-state index is 0.0261. The van der Waals surface area contributed by atoms with Gasteiger partial charge in [0, 0.05) is 18.5 Å². The lowest BCUT2D eigenvalue weighted by atomic mass is 9.43. The third-order valence-electron chi connectivity index (χ3n) is 9.15. The summed E-state index contributed by atoms with van der Waals surface area (Å²) in [7, 11) is 2.00. The number of rotatable bonds is 0. The smallest absolute Gasteiger partial charge is 0.225 e. The maximum Gasteiger partial charge on any atom is 0.225 e. The van der Waals surface area contributed by atoms with Crippen LogP contribution in [0.2, 0.25) is 0 Å². The zero-order chi connectivity index (χ0) is 18.3. The molecule has 1 unspecified atom stereocenters. The van der Waals surface area contributed by atoms with Gasteiger partial charge in [-0.05, 0) is 55.8 Å². The van der Waals surface area contributed by atoms with E-state index in [0.29, 0.717) is 42.8 Å². The minimum atomic E-state index is -0.181. The van der Waals surface area contributed by atoms with Gasteiger partial charge in [-0.25, -0.2) is 0 Å². The lowest BCUT2D eigenvalue weighted by Gasteiger charge is -2.66. The number of carbonyl (C=O) groups is 1. The standard InChI is InChI=1S/C22H33NO3/c1-20-8-5-6-14(20)19-15(7-9-20)22(3)16-13-21(19,2)26-11-10-25-17(22)12-18(24)23(16)4/h5-6,14-17,19H,7-13H2,1-4H3/t14-,15-,16+,17?,19-,20-,21+,22+/m0/s1. The zero-order valence-corrected chi connectivity index (χ0v) is 16.7. The number of carbonyl (C=O) groups excluding carboxylic acids is 1. The summed E-state index contributed by atoms with van der Waals surface area (Å²) in [4.78, 5) is 14.7. The van der Waals surface area contributed by atoms with Gasteiger partial charge < -0.3 is 14.4 Å². The highest BCUT2D eigenvalue weighted by atomic mass is 16.5. The molecule has 2 saturated carbocycles. The predicted molar refractivity (Wildman–Crippen MR) is 99.6 cm³/mol. The van der Waals surface area contributed by atoms with E-state index in [4.69, 9.17) is 9.47 Å². The monoisotopic (exact) mass is 359 g/mol. The second kappa shape index (κ2) is 5.35. The van der Waals surface area contributed by atoms with E-state index in [1.54, 1.807) is 0 Å². The van der Waals surface area contributed by atoms with Crippen LogP contribution in [0, 0.1) is 28.6 Å². The number of ether oxygens (including phenoxy) is 2. The molecule has 5 fully saturated rings. The van der Waals surface area contributed by atoms with E-state index < -0.39 is 0 Å². The van der Waals surface area contributed by atoms with Crippen LogP contribution in [0.3, 0.4) is 0 Å². The van der Waals surface area contributed by atoms with Crippen molar-refractivity contribution in [3.8, 4) is 0 Å². The van der Waals surface area contributed by atoms with Crippen LogP contribution in [0.15, 0.2) is 12.2 Å². The predicted octanol–water partition coefficient (Wildman–Crippen LogP) is 3.41. The van der Waals surface area contributed by atoms with Crippen LogP contribution < -0.4 is 0 Å². The number of fused-ring (bicyclic) bond motifs is 4. The van der Waals surface area contributed by atoms with E-state index in [2.05, 4.69) is 32.9 Å². The molecule has 6 aliphatic rings. The number of allylic oxidation sites excluding steroid dienone is 2. The van der Waals surface area contributed by atoms with Crippen molar-refractivity contribution in [2.75, 3.05) is 20.3 Å². The summed E-state index contributed by atoms with van der Waals surface area (Å²) in [5.74, 6) is 1.89. The highest BCUT2D eigenvalue weighted by Crippen LogP contribution is 2.66. The number of hydrogen-bond donors (Lipinski definition) is 0. The molecule has 0 radical (unpaired) electrons. The van der Waals surface area contributed by atoms with Gasteiger partial charge in [-0.15, -0.1) is 0 Å². The molecule has 0 aromatic carbocycles. The number of likely N-dealkylation sites (tertiary alicyclic amines) is 1. The molecular weight excluding hydrogens is 326 g/mol. The molecule has 8 atom stereocenters. The molecule has 144 valence electrons. The molecule has 4 nitrogen and oxygen atoms in total. The summed E-state index contributed by atoms with van der Waals surface area (Å²) in [6, 6.07) is 0.216. The lowest BCUT2D eigenvalue weighted by molar-refractivity contribution is -0.228. The molecule has 0 spiro atoms. The van der Waals surface area contributed by atoms with Gasteiger partial charge in [0.1, 0.15) is 0 Å². The van der Waals surface area contributed by atoms with Crippen molar-refractivity contribution in [2.45, 2.75) is 70.6 Å². The van der Waals surface area contributed by atoms with Crippen molar-refractivity contribution >= 4 is 5.91 Å². The van der Waals surface area contributed by atoms with E-state index >= 15 is 0 Å². The summed E-state index contributed by atoms with van der Waals surface area (Å²) in [5, 5.41) is 0. The second-order valence-electron chi connectivity index (χ2n) is 10.3. The average molecular weight is 360 g/mol. The largest absolute Gasteiger partial charge is 0.375 e. The summed E-state index contributed by atoms with van der Waals surface area (Å²) in [6.45, 7) is 8.48. The van der Waals surface area contributed by atoms with E-state index in [-0.39, 0.29) is 29.1 Å². The fraction of sp³-hybridized carbons (Fsp3) is 0.864. The van der Waals surface area contributed by atoms with Crippen LogP contribution in [-0.2, 0) is 14.3 Å². The summed E-state index contributed by atoms with van der Waals surface area (Å²) in [5.41, 5.74) is 0.230. The SMILES string of the molecule is CN1C(=O)CC2OCCO[C@]3(C)C[C@@H]1[C@@]2(C)[C@H]1CC[C@]2(C)CC=C[C@H]2[C@@H]13. The molecular formula is C22H33NO3. The Morgan fingerprint density at radius 2 is 2.04 bits per heavy atom. The third-order valence-corrected chi connectivity index (χ3v) is 9.15. The van der Waals surface area contributed by atoms with Gasteiger partial charge in [0.25, 0.3) is 0 Å². The zero-order valence-electron chi connectivity index (χ0n) is 16.7. The molecule has 3 aliphatic carbocycles. The number of hydrogen-bond acceptors (Lipinski definition) is 3. The first-order valence-electron chi connectivity index (χ1n) is 10.5. The van der Waals surface area contributed by atoms with Crippen LogP contribution in [-0.4, -0.2) is 48.8 Å². The lowest BCUT2D eigenvalue weighted by Crippen LogP contribution is -2.71. The normalized spacial score (nSPS) is 55.8. The first-order chi connectivity index (χ1) is 12.3. The van der Waals surface area contributed by atoms with Crippen molar-refractivity contribution in [3.05, 3.63) is 12.2 Å². The Bertz CT molecular complexity index is 662. The molecule has 6 rings (SSSR count). The Morgan fingerprint density at radius 3 is 2.85 bits per heavy atom. The highest BCUT2D eigenvalue weighted by molar-refractivity contribution is 5.78. The van der Waals surface area contributed by atoms with Crippen molar-refractivity contribution in [3.63, 3.8) is 0 Å². The highest BCUT2D eigenvalue weighted by Gasteiger charge is 2.68. The van der Waals surface area contributed by atoms with Gasteiger partial charge in [0.2, 0.25) is 5.91 Å². The van der Waals surface area contributed by atoms with E-state index in [1.165, 1.54) is 19.3 Å². The Balaban J connectivity index is 1.67. The second-order valence-corrected chi connectivity index (χ2v) is 10.3. The van der Waals surface area contributed by atoms with Crippen LogP contribution in [0.5, 0.6) is 0 Å². The Morgan fingerprint density at radius 1 is 1.23 bits per heavy atom. The number of nitrogens with zero attached hydrogens (tertiary/aromatic N) is 1. The Labute approximate surface area is 157 Å². The van der Waals surface area contributed by atoms with Gasteiger partial charge in [0.05, 0.1) is 31.3 Å². The first kappa shape index (κ1) is 17.2. The molecule has 0 aromatic rings. The van der Waals surface area contributed by atoms with E-state index in [1.807, 2.05) is 11.9 Å². The number of piperidine rings is 1. The summed E-state index contributed by atoms with van der Waals surface area (Å²) >= 11 is 0. The summed E-state index contributed by atoms with van der Waals surface area (Å²) in [6.07, 6.45) is 10.1. The van der Waals surface area contributed by atoms with Crippen LogP contribution in [0.4, 0.5) is 0 Å². The van der Waals surface area contributed by atoms with Gasteiger partial charge in [-0.1, -0.05) is 26.0 Å². The molecule has 3 heterocycles. The Hall–Kier alpha value is -0.870. The number of amides is 1.